The van der Waals surface area contributed by atoms with Crippen molar-refractivity contribution in [2.24, 2.45) is 0 Å². The fraction of sp³-hybridized carbons (Fsp3) is 0.375. The minimum Gasteiger partial charge on any atom is -0.335 e. The molecule has 7 heteroatoms. The van der Waals surface area contributed by atoms with Crippen molar-refractivity contribution in [1.82, 2.24) is 19.8 Å². The van der Waals surface area contributed by atoms with Crippen molar-refractivity contribution in [3.8, 4) is 0 Å². The summed E-state index contributed by atoms with van der Waals surface area (Å²) in [7, 11) is 0. The average Bonchev–Trinajstić information content (AvgIpc) is 3.08. The zero-order valence-electron chi connectivity index (χ0n) is 13.2. The summed E-state index contributed by atoms with van der Waals surface area (Å²) in [6.45, 7) is 5.78. The summed E-state index contributed by atoms with van der Waals surface area (Å²) in [4.78, 5) is 37.6. The van der Waals surface area contributed by atoms with Gasteiger partial charge in [-0.05, 0) is 25.3 Å². The van der Waals surface area contributed by atoms with E-state index in [9.17, 15) is 9.59 Å². The van der Waals surface area contributed by atoms with Gasteiger partial charge in [0.2, 0.25) is 0 Å². The van der Waals surface area contributed by atoms with Gasteiger partial charge in [-0.25, -0.2) is 9.97 Å². The van der Waals surface area contributed by atoms with Crippen LogP contribution in [0.3, 0.4) is 0 Å². The summed E-state index contributed by atoms with van der Waals surface area (Å²) in [6, 6.07) is 3.70. The summed E-state index contributed by atoms with van der Waals surface area (Å²) in [6.07, 6.45) is 1.59. The van der Waals surface area contributed by atoms with Gasteiger partial charge in [-0.15, -0.1) is 11.3 Å². The van der Waals surface area contributed by atoms with Gasteiger partial charge in [-0.2, -0.15) is 0 Å². The zero-order chi connectivity index (χ0) is 16.4. The Kier molecular flexibility index (Phi) is 4.38. The lowest BCUT2D eigenvalue weighted by atomic mass is 10.2. The number of piperazine rings is 1. The van der Waals surface area contributed by atoms with Gasteiger partial charge in [0.15, 0.2) is 0 Å². The molecule has 3 heterocycles. The Balaban J connectivity index is 1.64. The van der Waals surface area contributed by atoms with E-state index in [2.05, 4.69) is 9.97 Å². The monoisotopic (exact) mass is 330 g/mol. The largest absolute Gasteiger partial charge is 0.335 e. The van der Waals surface area contributed by atoms with Crippen LogP contribution in [0, 0.1) is 13.8 Å². The van der Waals surface area contributed by atoms with Crippen molar-refractivity contribution in [3.05, 3.63) is 45.7 Å². The third kappa shape index (κ3) is 3.24. The molecular formula is C16H18N4O2S. The predicted octanol–water partition coefficient (Wildman–Crippen LogP) is 1.75. The lowest BCUT2D eigenvalue weighted by molar-refractivity contribution is 0.0537. The fourth-order valence-electron chi connectivity index (χ4n) is 2.63. The minimum absolute atomic E-state index is 0.0435. The normalized spacial score (nSPS) is 14.9. The molecule has 1 saturated heterocycles. The van der Waals surface area contributed by atoms with Crippen molar-refractivity contribution in [3.63, 3.8) is 0 Å². The highest BCUT2D eigenvalue weighted by Crippen LogP contribution is 2.15. The van der Waals surface area contributed by atoms with Crippen LogP contribution in [0.5, 0.6) is 0 Å². The van der Waals surface area contributed by atoms with Gasteiger partial charge in [0.1, 0.15) is 5.82 Å². The van der Waals surface area contributed by atoms with E-state index in [1.807, 2.05) is 24.4 Å². The molecular weight excluding hydrogens is 312 g/mol. The van der Waals surface area contributed by atoms with Gasteiger partial charge in [0.05, 0.1) is 16.1 Å². The number of carbonyl (C=O) groups excluding carboxylic acids is 2. The molecule has 0 atom stereocenters. The Morgan fingerprint density at radius 2 is 1.74 bits per heavy atom. The van der Waals surface area contributed by atoms with Crippen molar-refractivity contribution < 1.29 is 9.59 Å². The minimum atomic E-state index is -0.0641. The summed E-state index contributed by atoms with van der Waals surface area (Å²) in [5.74, 6) is 0.637. The molecule has 0 unspecified atom stereocenters. The molecule has 120 valence electrons. The van der Waals surface area contributed by atoms with Crippen molar-refractivity contribution in [1.29, 1.82) is 0 Å². The second-order valence-corrected chi connectivity index (χ2v) is 6.43. The lowest BCUT2D eigenvalue weighted by Crippen LogP contribution is -2.50. The topological polar surface area (TPSA) is 66.4 Å². The number of nitrogens with zero attached hydrogens (tertiary/aromatic N) is 4. The quantitative estimate of drug-likeness (QED) is 0.841. The highest BCUT2D eigenvalue weighted by atomic mass is 32.1. The van der Waals surface area contributed by atoms with E-state index in [1.54, 1.807) is 22.9 Å². The number of aryl methyl sites for hydroxylation is 2. The molecule has 2 aromatic heterocycles. The zero-order valence-corrected chi connectivity index (χ0v) is 14.0. The van der Waals surface area contributed by atoms with Gasteiger partial charge in [-0.3, -0.25) is 9.59 Å². The smallest absolute Gasteiger partial charge is 0.264 e. The van der Waals surface area contributed by atoms with E-state index in [-0.39, 0.29) is 11.8 Å². The number of amides is 2. The summed E-state index contributed by atoms with van der Waals surface area (Å²) >= 11 is 1.44. The van der Waals surface area contributed by atoms with Crippen molar-refractivity contribution in [2.45, 2.75) is 13.8 Å². The standard InChI is InChI=1S/C16H18N4O2S/c1-11-13(10-17-12(2)18-11)15(21)19-5-7-20(8-6-19)16(22)14-4-3-9-23-14/h3-4,9-10H,5-8H2,1-2H3. The number of carbonyl (C=O) groups is 2. The van der Waals surface area contributed by atoms with Crippen molar-refractivity contribution in [2.75, 3.05) is 26.2 Å². The molecule has 0 spiro atoms. The molecule has 2 amide bonds. The van der Waals surface area contributed by atoms with Crippen LogP contribution in [-0.2, 0) is 0 Å². The molecule has 0 aliphatic carbocycles. The van der Waals surface area contributed by atoms with Crippen LogP contribution >= 0.6 is 11.3 Å². The first-order chi connectivity index (χ1) is 11.1. The fourth-order valence-corrected chi connectivity index (χ4v) is 3.32. The van der Waals surface area contributed by atoms with E-state index < -0.39 is 0 Å². The Bertz CT molecular complexity index is 722. The van der Waals surface area contributed by atoms with E-state index in [0.29, 0.717) is 43.3 Å². The number of rotatable bonds is 2. The molecule has 2 aromatic rings. The van der Waals surface area contributed by atoms with Gasteiger partial charge in [0, 0.05) is 32.4 Å². The summed E-state index contributed by atoms with van der Waals surface area (Å²) < 4.78 is 0. The van der Waals surface area contributed by atoms with E-state index in [1.165, 1.54) is 11.3 Å². The Labute approximate surface area is 138 Å². The van der Waals surface area contributed by atoms with Gasteiger partial charge in [0.25, 0.3) is 11.8 Å². The Morgan fingerprint density at radius 3 is 2.30 bits per heavy atom. The first-order valence-electron chi connectivity index (χ1n) is 7.48. The first kappa shape index (κ1) is 15.6. The van der Waals surface area contributed by atoms with Crippen LogP contribution < -0.4 is 0 Å². The van der Waals surface area contributed by atoms with Crippen molar-refractivity contribution >= 4 is 23.2 Å². The average molecular weight is 330 g/mol. The molecule has 23 heavy (non-hydrogen) atoms. The molecule has 1 aliphatic heterocycles. The highest BCUT2D eigenvalue weighted by molar-refractivity contribution is 7.12. The molecule has 6 nitrogen and oxygen atoms in total. The second-order valence-electron chi connectivity index (χ2n) is 5.48. The summed E-state index contributed by atoms with van der Waals surface area (Å²) in [5.41, 5.74) is 1.23. The van der Waals surface area contributed by atoms with Crippen LogP contribution in [0.1, 0.15) is 31.5 Å². The third-order valence-electron chi connectivity index (χ3n) is 3.92. The highest BCUT2D eigenvalue weighted by Gasteiger charge is 2.26. The van der Waals surface area contributed by atoms with E-state index >= 15 is 0 Å². The van der Waals surface area contributed by atoms with Crippen LogP contribution in [0.15, 0.2) is 23.7 Å². The maximum absolute atomic E-state index is 12.6. The van der Waals surface area contributed by atoms with Gasteiger partial charge >= 0.3 is 0 Å². The third-order valence-corrected chi connectivity index (χ3v) is 4.77. The number of hydrogen-bond donors (Lipinski definition) is 0. The predicted molar refractivity (Wildman–Crippen MR) is 87.6 cm³/mol. The second kappa shape index (κ2) is 6.45. The first-order valence-corrected chi connectivity index (χ1v) is 8.36. The van der Waals surface area contributed by atoms with Gasteiger partial charge < -0.3 is 9.80 Å². The SMILES string of the molecule is Cc1ncc(C(=O)N2CCN(C(=O)c3cccs3)CC2)c(C)n1. The Morgan fingerprint density at radius 1 is 1.09 bits per heavy atom. The van der Waals surface area contributed by atoms with E-state index in [4.69, 9.17) is 0 Å². The molecule has 0 N–H and O–H groups in total. The number of thiophene rings is 1. The molecule has 0 bridgehead atoms. The van der Waals surface area contributed by atoms with Crippen LogP contribution in [-0.4, -0.2) is 57.8 Å². The number of aromatic nitrogens is 2. The molecule has 1 fully saturated rings. The lowest BCUT2D eigenvalue weighted by Gasteiger charge is -2.34. The molecule has 0 aromatic carbocycles. The molecule has 1 aliphatic rings. The van der Waals surface area contributed by atoms with Crippen LogP contribution in [0.25, 0.3) is 0 Å². The van der Waals surface area contributed by atoms with Crippen LogP contribution in [0.2, 0.25) is 0 Å². The van der Waals surface area contributed by atoms with Crippen LogP contribution in [0.4, 0.5) is 0 Å². The molecule has 0 saturated carbocycles. The maximum Gasteiger partial charge on any atom is 0.264 e. The Hall–Kier alpha value is -2.28. The summed E-state index contributed by atoms with van der Waals surface area (Å²) in [5, 5.41) is 1.90. The van der Waals surface area contributed by atoms with E-state index in [0.717, 1.165) is 4.88 Å². The molecule has 0 radical (unpaired) electrons. The maximum atomic E-state index is 12.6. The van der Waals surface area contributed by atoms with Gasteiger partial charge in [-0.1, -0.05) is 6.07 Å². The molecule has 3 rings (SSSR count). The number of hydrogen-bond acceptors (Lipinski definition) is 5.